The Morgan fingerprint density at radius 1 is 0.551 bits per heavy atom. The third kappa shape index (κ3) is 3.85. The normalized spacial score (nSPS) is 16.6. The van der Waals surface area contributed by atoms with Gasteiger partial charge in [-0.15, -0.1) is 0 Å². The molecule has 6 nitrogen and oxygen atoms in total. The van der Waals surface area contributed by atoms with Crippen LogP contribution in [0.25, 0.3) is 88.5 Å². The van der Waals surface area contributed by atoms with Crippen LogP contribution in [-0.2, 0) is 0 Å². The molecule has 6 aromatic carbocycles. The van der Waals surface area contributed by atoms with Crippen molar-refractivity contribution in [2.24, 2.45) is 0 Å². The topological polar surface area (TPSA) is 76.8 Å². The van der Waals surface area contributed by atoms with Crippen molar-refractivity contribution < 1.29 is 9.15 Å². The van der Waals surface area contributed by atoms with Crippen molar-refractivity contribution in [2.45, 2.75) is 12.0 Å². The second-order valence-electron chi connectivity index (χ2n) is 12.8. The van der Waals surface area contributed by atoms with Gasteiger partial charge >= 0.3 is 0 Å². The molecule has 9 aromatic rings. The number of H-pyrrole nitrogens is 1. The summed E-state index contributed by atoms with van der Waals surface area (Å²) in [5.41, 5.74) is 6.52. The van der Waals surface area contributed by atoms with E-state index in [-0.39, 0.29) is 12.0 Å². The molecule has 4 heterocycles. The molecular weight excluding hydrogens is 604 g/mol. The number of para-hydroxylation sites is 1. The summed E-state index contributed by atoms with van der Waals surface area (Å²) in [5.74, 6) is 2.73. The third-order valence-corrected chi connectivity index (χ3v) is 10.1. The number of ether oxygens (including phenoxy) is 1. The van der Waals surface area contributed by atoms with Crippen LogP contribution in [0, 0.1) is 0 Å². The zero-order valence-corrected chi connectivity index (χ0v) is 26.1. The fourth-order valence-electron chi connectivity index (χ4n) is 7.90. The fraction of sp³-hybridized carbons (Fsp3) is 0.0465. The van der Waals surface area contributed by atoms with Crippen LogP contribution < -0.4 is 4.74 Å². The van der Waals surface area contributed by atoms with E-state index in [1.807, 2.05) is 54.7 Å². The Bertz CT molecular complexity index is 2890. The van der Waals surface area contributed by atoms with Crippen molar-refractivity contribution in [1.29, 1.82) is 0 Å². The van der Waals surface area contributed by atoms with Crippen molar-refractivity contribution in [2.75, 3.05) is 0 Å². The molecule has 2 unspecified atom stereocenters. The van der Waals surface area contributed by atoms with E-state index >= 15 is 0 Å². The number of fused-ring (bicyclic) bond motifs is 11. The lowest BCUT2D eigenvalue weighted by Gasteiger charge is -2.16. The zero-order chi connectivity index (χ0) is 32.1. The molecule has 1 aliphatic heterocycles. The SMILES string of the molecule is C1=CC2Oc3cccc(-c4nc(-c5cc6[nH]ccc6c6c5ccc5ccccc56)nc(-c5cccc6oc7ccccc7c56)n4)c3C2C=C1. The van der Waals surface area contributed by atoms with Crippen molar-refractivity contribution in [1.82, 2.24) is 19.9 Å². The quantitative estimate of drug-likeness (QED) is 0.197. The minimum atomic E-state index is -0.0551. The molecule has 3 aromatic heterocycles. The summed E-state index contributed by atoms with van der Waals surface area (Å²) in [6, 6.07) is 37.6. The number of nitrogens with one attached hydrogen (secondary N) is 1. The molecule has 230 valence electrons. The first kappa shape index (κ1) is 26.5. The molecule has 0 spiro atoms. The Labute approximate surface area is 280 Å². The number of hydrogen-bond acceptors (Lipinski definition) is 5. The van der Waals surface area contributed by atoms with Gasteiger partial charge < -0.3 is 14.1 Å². The van der Waals surface area contributed by atoms with Gasteiger partial charge in [0.05, 0.1) is 0 Å². The molecule has 6 heteroatoms. The maximum atomic E-state index is 6.41. The molecule has 0 radical (unpaired) electrons. The second kappa shape index (κ2) is 9.99. The van der Waals surface area contributed by atoms with Crippen LogP contribution in [0.5, 0.6) is 5.75 Å². The van der Waals surface area contributed by atoms with E-state index < -0.39 is 0 Å². The predicted molar refractivity (Wildman–Crippen MR) is 196 cm³/mol. The van der Waals surface area contributed by atoms with E-state index in [2.05, 4.69) is 89.9 Å². The van der Waals surface area contributed by atoms with E-state index in [1.54, 1.807) is 0 Å². The van der Waals surface area contributed by atoms with Crippen molar-refractivity contribution in [3.05, 3.63) is 145 Å². The lowest BCUT2D eigenvalue weighted by Crippen LogP contribution is -2.16. The maximum Gasteiger partial charge on any atom is 0.164 e. The first-order chi connectivity index (χ1) is 24.3. The van der Waals surface area contributed by atoms with E-state index in [0.717, 1.165) is 60.8 Å². The van der Waals surface area contributed by atoms with Crippen LogP contribution in [0.2, 0.25) is 0 Å². The summed E-state index contributed by atoms with van der Waals surface area (Å²) in [5, 5.41) is 7.82. The monoisotopic (exact) mass is 630 g/mol. The van der Waals surface area contributed by atoms with Gasteiger partial charge in [0.25, 0.3) is 0 Å². The van der Waals surface area contributed by atoms with Crippen LogP contribution in [0.15, 0.2) is 144 Å². The van der Waals surface area contributed by atoms with Gasteiger partial charge in [0, 0.05) is 56.0 Å². The summed E-state index contributed by atoms with van der Waals surface area (Å²) < 4.78 is 12.7. The number of allylic oxidation sites excluding steroid dienone is 2. The molecule has 0 saturated heterocycles. The fourth-order valence-corrected chi connectivity index (χ4v) is 7.90. The first-order valence-electron chi connectivity index (χ1n) is 16.5. The highest BCUT2D eigenvalue weighted by Crippen LogP contribution is 2.47. The molecule has 0 saturated carbocycles. The summed E-state index contributed by atoms with van der Waals surface area (Å²) >= 11 is 0. The Hall–Kier alpha value is -6.53. The number of aromatic amines is 1. The van der Waals surface area contributed by atoms with Gasteiger partial charge in [-0.25, -0.2) is 15.0 Å². The van der Waals surface area contributed by atoms with Crippen LogP contribution in [-0.4, -0.2) is 26.0 Å². The number of aromatic nitrogens is 4. The van der Waals surface area contributed by atoms with Crippen molar-refractivity contribution in [3.63, 3.8) is 0 Å². The average Bonchev–Trinajstić information content (AvgIpc) is 3.89. The van der Waals surface area contributed by atoms with Crippen LogP contribution >= 0.6 is 0 Å². The van der Waals surface area contributed by atoms with Gasteiger partial charge in [-0.05, 0) is 58.0 Å². The third-order valence-electron chi connectivity index (χ3n) is 10.1. The van der Waals surface area contributed by atoms with Crippen molar-refractivity contribution >= 4 is 54.4 Å². The Morgan fingerprint density at radius 2 is 1.31 bits per heavy atom. The summed E-state index contributed by atoms with van der Waals surface area (Å²) in [6.07, 6.45) is 10.4. The number of benzene rings is 6. The van der Waals surface area contributed by atoms with Gasteiger partial charge in [-0.3, -0.25) is 0 Å². The first-order valence-corrected chi connectivity index (χ1v) is 16.5. The van der Waals surface area contributed by atoms with Crippen LogP contribution in [0.3, 0.4) is 0 Å². The number of rotatable bonds is 3. The highest BCUT2D eigenvalue weighted by atomic mass is 16.5. The Kier molecular flexibility index (Phi) is 5.41. The van der Waals surface area contributed by atoms with Crippen LogP contribution in [0.4, 0.5) is 0 Å². The van der Waals surface area contributed by atoms with E-state index in [4.69, 9.17) is 24.1 Å². The van der Waals surface area contributed by atoms with E-state index in [0.29, 0.717) is 17.5 Å². The number of nitrogens with zero attached hydrogens (tertiary/aromatic N) is 3. The molecule has 11 rings (SSSR count). The van der Waals surface area contributed by atoms with Gasteiger partial charge in [0.15, 0.2) is 17.5 Å². The molecular formula is C43H26N4O2. The lowest BCUT2D eigenvalue weighted by molar-refractivity contribution is 0.269. The summed E-state index contributed by atoms with van der Waals surface area (Å²) in [4.78, 5) is 19.3. The highest BCUT2D eigenvalue weighted by molar-refractivity contribution is 6.23. The molecule has 2 atom stereocenters. The van der Waals surface area contributed by atoms with Crippen molar-refractivity contribution in [3.8, 4) is 39.9 Å². The summed E-state index contributed by atoms with van der Waals surface area (Å²) in [7, 11) is 0. The number of furan rings is 1. The minimum Gasteiger partial charge on any atom is -0.485 e. The highest BCUT2D eigenvalue weighted by Gasteiger charge is 2.35. The molecule has 1 aliphatic carbocycles. The van der Waals surface area contributed by atoms with Gasteiger partial charge in [-0.2, -0.15) is 0 Å². The predicted octanol–water partition coefficient (Wildman–Crippen LogP) is 10.5. The van der Waals surface area contributed by atoms with Gasteiger partial charge in [0.2, 0.25) is 0 Å². The average molecular weight is 631 g/mol. The van der Waals surface area contributed by atoms with E-state index in [1.165, 1.54) is 21.5 Å². The standard InChI is InChI=1S/C43H26N4O2/c1-2-10-25-24(9-1)19-20-26-32(23-33-27(38(25)26)21-22-44-33)43-46-41(30-13-7-17-36-39(30)28-11-3-5-15-34(28)48-36)45-42(47-43)31-14-8-18-37-40(31)29-12-4-6-16-35(29)49-37/h1-23,28,34,44H. The van der Waals surface area contributed by atoms with E-state index in [9.17, 15) is 0 Å². The largest absolute Gasteiger partial charge is 0.485 e. The molecule has 1 N–H and O–H groups in total. The maximum absolute atomic E-state index is 6.41. The molecule has 2 aliphatic rings. The Morgan fingerprint density at radius 3 is 2.24 bits per heavy atom. The smallest absolute Gasteiger partial charge is 0.164 e. The minimum absolute atomic E-state index is 0.0551. The lowest BCUT2D eigenvalue weighted by atomic mass is 9.88. The van der Waals surface area contributed by atoms with Gasteiger partial charge in [0.1, 0.15) is 23.0 Å². The van der Waals surface area contributed by atoms with Gasteiger partial charge in [-0.1, -0.05) is 97.1 Å². The molecule has 49 heavy (non-hydrogen) atoms. The second-order valence-corrected chi connectivity index (χ2v) is 12.8. The Balaban J connectivity index is 1.24. The molecule has 0 bridgehead atoms. The zero-order valence-electron chi connectivity index (χ0n) is 26.1. The number of hydrogen-bond donors (Lipinski definition) is 1. The van der Waals surface area contributed by atoms with Crippen LogP contribution in [0.1, 0.15) is 11.5 Å². The molecule has 0 fully saturated rings. The summed E-state index contributed by atoms with van der Waals surface area (Å²) in [6.45, 7) is 0. The molecule has 0 amide bonds.